The van der Waals surface area contributed by atoms with Crippen molar-refractivity contribution in [2.75, 3.05) is 34.3 Å². The minimum atomic E-state index is -0.206. The molecule has 0 fully saturated rings. The molecule has 0 radical (unpaired) electrons. The van der Waals surface area contributed by atoms with E-state index in [2.05, 4.69) is 10.2 Å². The van der Waals surface area contributed by atoms with Crippen molar-refractivity contribution in [2.24, 2.45) is 0 Å². The highest BCUT2D eigenvalue weighted by atomic mass is 19.1. The van der Waals surface area contributed by atoms with Gasteiger partial charge < -0.3 is 10.1 Å². The summed E-state index contributed by atoms with van der Waals surface area (Å²) in [6.07, 6.45) is 1.04. The lowest BCUT2D eigenvalue weighted by molar-refractivity contribution is 0.246. The normalized spacial score (nSPS) is 12.8. The van der Waals surface area contributed by atoms with Gasteiger partial charge in [-0.2, -0.15) is 0 Å². The van der Waals surface area contributed by atoms with E-state index in [9.17, 15) is 4.39 Å². The maximum atomic E-state index is 13.9. The van der Waals surface area contributed by atoms with Gasteiger partial charge in [-0.15, -0.1) is 0 Å². The van der Waals surface area contributed by atoms with Crippen molar-refractivity contribution in [1.82, 2.24) is 10.2 Å². The fraction of sp³-hybridized carbons (Fsp3) is 0.571. The van der Waals surface area contributed by atoms with E-state index in [1.54, 1.807) is 19.2 Å². The van der Waals surface area contributed by atoms with Crippen LogP contribution in [0.1, 0.15) is 24.9 Å². The molecular weight excluding hydrogens is 231 g/mol. The van der Waals surface area contributed by atoms with E-state index in [1.807, 2.05) is 21.0 Å². The Bertz CT molecular complexity index is 371. The predicted octanol–water partition coefficient (Wildman–Crippen LogP) is 2.44. The summed E-state index contributed by atoms with van der Waals surface area (Å²) in [5.74, 6) is 0.408. The molecular formula is C14H23FN2O. The lowest BCUT2D eigenvalue weighted by Crippen LogP contribution is -2.26. The molecule has 1 rings (SSSR count). The SMILES string of the molecule is CNCCCN(C)C(C)c1c(F)cccc1OC. The van der Waals surface area contributed by atoms with Crippen LogP contribution in [0.2, 0.25) is 0 Å². The van der Waals surface area contributed by atoms with E-state index in [0.717, 1.165) is 19.5 Å². The first-order valence-electron chi connectivity index (χ1n) is 6.29. The number of methoxy groups -OCH3 is 1. The Kier molecular flexibility index (Phi) is 6.09. The van der Waals surface area contributed by atoms with Gasteiger partial charge in [0.05, 0.1) is 7.11 Å². The first-order chi connectivity index (χ1) is 8.61. The molecule has 0 saturated heterocycles. The van der Waals surface area contributed by atoms with Crippen molar-refractivity contribution in [1.29, 1.82) is 0 Å². The molecule has 0 saturated carbocycles. The number of nitrogens with zero attached hydrogens (tertiary/aromatic N) is 1. The third-order valence-corrected chi connectivity index (χ3v) is 3.25. The van der Waals surface area contributed by atoms with Crippen molar-refractivity contribution in [2.45, 2.75) is 19.4 Å². The maximum absolute atomic E-state index is 13.9. The highest BCUT2D eigenvalue weighted by Crippen LogP contribution is 2.30. The molecule has 3 nitrogen and oxygen atoms in total. The first-order valence-corrected chi connectivity index (χ1v) is 6.29. The molecule has 0 aliphatic carbocycles. The van der Waals surface area contributed by atoms with Gasteiger partial charge >= 0.3 is 0 Å². The van der Waals surface area contributed by atoms with E-state index in [4.69, 9.17) is 4.74 Å². The fourth-order valence-corrected chi connectivity index (χ4v) is 2.02. The van der Waals surface area contributed by atoms with Gasteiger partial charge in [0.1, 0.15) is 11.6 Å². The molecule has 4 heteroatoms. The Morgan fingerprint density at radius 1 is 1.44 bits per heavy atom. The third kappa shape index (κ3) is 3.68. The highest BCUT2D eigenvalue weighted by molar-refractivity contribution is 5.36. The summed E-state index contributed by atoms with van der Waals surface area (Å²) in [7, 11) is 5.52. The minimum Gasteiger partial charge on any atom is -0.496 e. The van der Waals surface area contributed by atoms with E-state index in [0.29, 0.717) is 11.3 Å². The summed E-state index contributed by atoms with van der Waals surface area (Å²) in [5, 5.41) is 3.11. The van der Waals surface area contributed by atoms with E-state index >= 15 is 0 Å². The minimum absolute atomic E-state index is 0.00185. The lowest BCUT2D eigenvalue weighted by Gasteiger charge is -2.26. The summed E-state index contributed by atoms with van der Waals surface area (Å²) in [5.41, 5.74) is 0.631. The fourth-order valence-electron chi connectivity index (χ4n) is 2.02. The van der Waals surface area contributed by atoms with Crippen molar-refractivity contribution in [3.8, 4) is 5.75 Å². The molecule has 0 aromatic heterocycles. The van der Waals surface area contributed by atoms with Gasteiger partial charge in [0.25, 0.3) is 0 Å². The Labute approximate surface area is 109 Å². The zero-order valence-corrected chi connectivity index (χ0v) is 11.7. The van der Waals surface area contributed by atoms with Crippen LogP contribution in [-0.2, 0) is 0 Å². The molecule has 1 unspecified atom stereocenters. The van der Waals surface area contributed by atoms with Crippen LogP contribution in [0, 0.1) is 5.82 Å². The van der Waals surface area contributed by atoms with Crippen LogP contribution in [0.25, 0.3) is 0 Å². The molecule has 0 heterocycles. The second-order valence-corrected chi connectivity index (χ2v) is 4.47. The predicted molar refractivity (Wildman–Crippen MR) is 72.5 cm³/mol. The Hall–Kier alpha value is -1.13. The van der Waals surface area contributed by atoms with Crippen LogP contribution >= 0.6 is 0 Å². The van der Waals surface area contributed by atoms with Crippen molar-refractivity contribution < 1.29 is 9.13 Å². The van der Waals surface area contributed by atoms with Crippen LogP contribution in [0.5, 0.6) is 5.75 Å². The average molecular weight is 254 g/mol. The van der Waals surface area contributed by atoms with Crippen LogP contribution in [0.4, 0.5) is 4.39 Å². The first kappa shape index (κ1) is 14.9. The van der Waals surface area contributed by atoms with Gasteiger partial charge in [-0.1, -0.05) is 6.07 Å². The number of benzene rings is 1. The summed E-state index contributed by atoms with van der Waals surface area (Å²) >= 11 is 0. The van der Waals surface area contributed by atoms with Gasteiger partial charge in [-0.25, -0.2) is 4.39 Å². The number of ether oxygens (including phenoxy) is 1. The molecule has 1 atom stereocenters. The van der Waals surface area contributed by atoms with Crippen molar-refractivity contribution in [3.63, 3.8) is 0 Å². The number of hydrogen-bond acceptors (Lipinski definition) is 3. The van der Waals surface area contributed by atoms with Crippen LogP contribution < -0.4 is 10.1 Å². The molecule has 1 aromatic rings. The van der Waals surface area contributed by atoms with Crippen LogP contribution in [0.3, 0.4) is 0 Å². The Morgan fingerprint density at radius 3 is 2.78 bits per heavy atom. The quantitative estimate of drug-likeness (QED) is 0.756. The van der Waals surface area contributed by atoms with Gasteiger partial charge in [0.15, 0.2) is 0 Å². The van der Waals surface area contributed by atoms with Gasteiger partial charge in [0, 0.05) is 11.6 Å². The standard InChI is InChI=1S/C14H23FN2O/c1-11(17(3)10-6-9-16-2)14-12(15)7-5-8-13(14)18-4/h5,7-8,11,16H,6,9-10H2,1-4H3. The number of halogens is 1. The highest BCUT2D eigenvalue weighted by Gasteiger charge is 2.19. The van der Waals surface area contributed by atoms with Crippen LogP contribution in [0.15, 0.2) is 18.2 Å². The summed E-state index contributed by atoms with van der Waals surface area (Å²) in [6, 6.07) is 4.95. The zero-order valence-electron chi connectivity index (χ0n) is 11.7. The molecule has 1 aromatic carbocycles. The molecule has 1 N–H and O–H groups in total. The largest absolute Gasteiger partial charge is 0.496 e. The second kappa shape index (κ2) is 7.34. The number of hydrogen-bond donors (Lipinski definition) is 1. The molecule has 102 valence electrons. The van der Waals surface area contributed by atoms with Gasteiger partial charge in [0.2, 0.25) is 0 Å². The molecule has 0 aliphatic rings. The monoisotopic (exact) mass is 254 g/mol. The second-order valence-electron chi connectivity index (χ2n) is 4.47. The molecule has 0 bridgehead atoms. The van der Waals surface area contributed by atoms with Gasteiger partial charge in [-0.3, -0.25) is 4.90 Å². The maximum Gasteiger partial charge on any atom is 0.131 e. The van der Waals surface area contributed by atoms with Crippen LogP contribution in [-0.4, -0.2) is 39.2 Å². The summed E-state index contributed by atoms with van der Waals surface area (Å²) in [4.78, 5) is 2.14. The average Bonchev–Trinajstić information content (AvgIpc) is 2.37. The Morgan fingerprint density at radius 2 is 2.17 bits per heavy atom. The Balaban J connectivity index is 2.79. The summed E-state index contributed by atoms with van der Waals surface area (Å²) < 4.78 is 19.2. The zero-order chi connectivity index (χ0) is 13.5. The molecule has 0 aliphatic heterocycles. The summed E-state index contributed by atoms with van der Waals surface area (Å²) in [6.45, 7) is 3.88. The molecule has 18 heavy (non-hydrogen) atoms. The molecule has 0 amide bonds. The van der Waals surface area contributed by atoms with Crippen molar-refractivity contribution >= 4 is 0 Å². The number of rotatable bonds is 7. The van der Waals surface area contributed by atoms with E-state index < -0.39 is 0 Å². The lowest BCUT2D eigenvalue weighted by atomic mass is 10.0. The number of nitrogens with one attached hydrogen (secondary N) is 1. The van der Waals surface area contributed by atoms with E-state index in [1.165, 1.54) is 6.07 Å². The van der Waals surface area contributed by atoms with E-state index in [-0.39, 0.29) is 11.9 Å². The van der Waals surface area contributed by atoms with Crippen molar-refractivity contribution in [3.05, 3.63) is 29.6 Å². The van der Waals surface area contributed by atoms with Gasteiger partial charge in [-0.05, 0) is 52.7 Å². The molecule has 0 spiro atoms. The smallest absolute Gasteiger partial charge is 0.131 e. The third-order valence-electron chi connectivity index (χ3n) is 3.25. The topological polar surface area (TPSA) is 24.5 Å².